The molecule has 10 nitrogen and oxygen atoms in total. The fourth-order valence-electron chi connectivity index (χ4n) is 7.62. The maximum atomic E-state index is 13.6. The molecule has 5 fully saturated rings. The van der Waals surface area contributed by atoms with Crippen LogP contribution in [-0.4, -0.2) is 65.0 Å². The number of carbonyl (C=O) groups excluding carboxylic acids is 5. The third-order valence-corrected chi connectivity index (χ3v) is 10.7. The molecule has 1 aliphatic heterocycles. The molecule has 4 aliphatic carbocycles. The van der Waals surface area contributed by atoms with E-state index in [1.807, 2.05) is 0 Å². The van der Waals surface area contributed by atoms with E-state index in [0.717, 1.165) is 38.5 Å². The number of hydrogen-bond donors (Lipinski definition) is 4. The van der Waals surface area contributed by atoms with Crippen LogP contribution in [0.25, 0.3) is 0 Å². The lowest BCUT2D eigenvalue weighted by Crippen LogP contribution is -2.55. The van der Waals surface area contributed by atoms with Crippen LogP contribution in [0.3, 0.4) is 0 Å². The van der Waals surface area contributed by atoms with Crippen LogP contribution in [0.5, 0.6) is 0 Å². The van der Waals surface area contributed by atoms with Gasteiger partial charge in [-0.15, -0.1) is 0 Å². The van der Waals surface area contributed by atoms with E-state index in [2.05, 4.69) is 24.5 Å². The lowest BCUT2D eigenvalue weighted by atomic mass is 9.73. The summed E-state index contributed by atoms with van der Waals surface area (Å²) in [6.45, 7) is 4.66. The zero-order valence-corrected chi connectivity index (χ0v) is 21.4. The number of nitrogens with one attached hydrogen (secondary N) is 2. The Hall–Kier alpha value is -2.49. The monoisotopic (exact) mass is 501 g/mol. The molecule has 198 valence electrons. The number of amides is 4. The Balaban J connectivity index is 1.34. The van der Waals surface area contributed by atoms with Crippen molar-refractivity contribution in [3.05, 3.63) is 0 Å². The number of fused-ring (bicyclic) bond motifs is 1. The van der Waals surface area contributed by atoms with Crippen molar-refractivity contribution in [2.24, 2.45) is 33.6 Å². The first-order chi connectivity index (χ1) is 16.9. The molecule has 6 N–H and O–H groups in total. The van der Waals surface area contributed by atoms with Crippen molar-refractivity contribution in [3.8, 4) is 0 Å². The smallest absolute Gasteiger partial charge is 0.287 e. The maximum absolute atomic E-state index is 13.6. The Kier molecular flexibility index (Phi) is 5.78. The Morgan fingerprint density at radius 1 is 1.00 bits per heavy atom. The summed E-state index contributed by atoms with van der Waals surface area (Å²) in [6.07, 6.45) is 8.34. The lowest BCUT2D eigenvalue weighted by Gasteiger charge is -2.32. The van der Waals surface area contributed by atoms with Crippen LogP contribution in [0.15, 0.2) is 0 Å². The van der Waals surface area contributed by atoms with Crippen molar-refractivity contribution in [3.63, 3.8) is 0 Å². The van der Waals surface area contributed by atoms with Gasteiger partial charge in [0, 0.05) is 12.0 Å². The molecule has 4 amide bonds. The molecule has 1 heterocycles. The topological polar surface area (TPSA) is 165 Å². The van der Waals surface area contributed by atoms with Crippen LogP contribution in [0.1, 0.15) is 78.1 Å². The zero-order valence-electron chi connectivity index (χ0n) is 21.4. The van der Waals surface area contributed by atoms with Gasteiger partial charge < -0.3 is 27.0 Å². The predicted molar refractivity (Wildman–Crippen MR) is 130 cm³/mol. The summed E-state index contributed by atoms with van der Waals surface area (Å²) in [6, 6.07) is -1.75. The molecule has 5 aliphatic rings. The SMILES string of the molecule is CC1(C)C2(CCC2)[C@@]12C[C@@H](C(=O)NC(CC1CCC1)C(=O)C(N)=O)N(C(=O)CNC(=O)C1(N)CC1)C2. The molecule has 1 saturated heterocycles. The molecule has 1 unspecified atom stereocenters. The second-order valence-electron chi connectivity index (χ2n) is 12.5. The first kappa shape index (κ1) is 25.2. The molecule has 0 bridgehead atoms. The zero-order chi connectivity index (χ0) is 26.1. The minimum Gasteiger partial charge on any atom is -0.363 e. The summed E-state index contributed by atoms with van der Waals surface area (Å²) in [4.78, 5) is 65.1. The molecule has 2 spiro atoms. The predicted octanol–water partition coefficient (Wildman–Crippen LogP) is 0.121. The van der Waals surface area contributed by atoms with Gasteiger partial charge in [0.25, 0.3) is 5.91 Å². The summed E-state index contributed by atoms with van der Waals surface area (Å²) in [5.41, 5.74) is 10.3. The minimum atomic E-state index is -1.06. The molecule has 0 aromatic carbocycles. The number of ketones is 1. The van der Waals surface area contributed by atoms with E-state index < -0.39 is 35.2 Å². The number of primary amides is 1. The molecule has 36 heavy (non-hydrogen) atoms. The van der Waals surface area contributed by atoms with E-state index in [-0.39, 0.29) is 40.5 Å². The van der Waals surface area contributed by atoms with Crippen molar-refractivity contribution in [1.29, 1.82) is 0 Å². The highest BCUT2D eigenvalue weighted by Crippen LogP contribution is 2.88. The molecule has 10 heteroatoms. The fraction of sp³-hybridized carbons (Fsp3) is 0.808. The number of likely N-dealkylation sites (tertiary alicyclic amines) is 1. The van der Waals surface area contributed by atoms with Gasteiger partial charge in [0.2, 0.25) is 23.5 Å². The van der Waals surface area contributed by atoms with Gasteiger partial charge in [-0.25, -0.2) is 0 Å². The van der Waals surface area contributed by atoms with E-state index in [9.17, 15) is 24.0 Å². The summed E-state index contributed by atoms with van der Waals surface area (Å²) >= 11 is 0. The van der Waals surface area contributed by atoms with E-state index in [1.54, 1.807) is 4.90 Å². The second kappa shape index (κ2) is 8.26. The fourth-order valence-corrected chi connectivity index (χ4v) is 7.62. The van der Waals surface area contributed by atoms with E-state index in [4.69, 9.17) is 11.5 Å². The van der Waals surface area contributed by atoms with Gasteiger partial charge in [-0.3, -0.25) is 24.0 Å². The molecule has 3 atom stereocenters. The van der Waals surface area contributed by atoms with Crippen molar-refractivity contribution >= 4 is 29.4 Å². The molecular weight excluding hydrogens is 462 g/mol. The number of nitrogens with two attached hydrogens (primary N) is 2. The average molecular weight is 502 g/mol. The normalized spacial score (nSPS) is 31.2. The van der Waals surface area contributed by atoms with Gasteiger partial charge in [-0.05, 0) is 55.3 Å². The molecule has 5 rings (SSSR count). The third-order valence-electron chi connectivity index (χ3n) is 10.7. The summed E-state index contributed by atoms with van der Waals surface area (Å²) in [7, 11) is 0. The number of nitrogens with zero attached hydrogens (tertiary/aromatic N) is 1. The summed E-state index contributed by atoms with van der Waals surface area (Å²) in [5, 5.41) is 5.44. The van der Waals surface area contributed by atoms with Gasteiger partial charge in [0.15, 0.2) is 0 Å². The van der Waals surface area contributed by atoms with Crippen LogP contribution in [0.2, 0.25) is 0 Å². The Morgan fingerprint density at radius 2 is 1.67 bits per heavy atom. The largest absolute Gasteiger partial charge is 0.363 e. The van der Waals surface area contributed by atoms with Crippen molar-refractivity contribution in [2.75, 3.05) is 13.1 Å². The second-order valence-corrected chi connectivity index (χ2v) is 12.5. The highest BCUT2D eigenvalue weighted by Gasteiger charge is 2.85. The van der Waals surface area contributed by atoms with Crippen LogP contribution in [0.4, 0.5) is 0 Å². The van der Waals surface area contributed by atoms with E-state index in [1.165, 1.54) is 0 Å². The molecule has 0 aromatic heterocycles. The Bertz CT molecular complexity index is 1010. The molecular formula is C26H39N5O5. The first-order valence-electron chi connectivity index (χ1n) is 13.4. The van der Waals surface area contributed by atoms with Crippen LogP contribution < -0.4 is 22.1 Å². The van der Waals surface area contributed by atoms with Crippen molar-refractivity contribution in [2.45, 2.75) is 95.7 Å². The molecule has 0 radical (unpaired) electrons. The highest BCUT2D eigenvalue weighted by molar-refractivity contribution is 6.37. The molecule has 0 aromatic rings. The van der Waals surface area contributed by atoms with E-state index >= 15 is 0 Å². The van der Waals surface area contributed by atoms with E-state index in [0.29, 0.717) is 32.2 Å². The highest BCUT2D eigenvalue weighted by atomic mass is 16.2. The van der Waals surface area contributed by atoms with Crippen LogP contribution in [0, 0.1) is 22.2 Å². The van der Waals surface area contributed by atoms with Gasteiger partial charge >= 0.3 is 0 Å². The lowest BCUT2D eigenvalue weighted by molar-refractivity contribution is -0.141. The van der Waals surface area contributed by atoms with Crippen LogP contribution in [-0.2, 0) is 24.0 Å². The Morgan fingerprint density at radius 3 is 2.14 bits per heavy atom. The maximum Gasteiger partial charge on any atom is 0.287 e. The van der Waals surface area contributed by atoms with Gasteiger partial charge in [0.1, 0.15) is 6.04 Å². The average Bonchev–Trinajstić information content (AvgIpc) is 3.51. The van der Waals surface area contributed by atoms with Crippen LogP contribution >= 0.6 is 0 Å². The van der Waals surface area contributed by atoms with Gasteiger partial charge in [0.05, 0.1) is 18.1 Å². The molecule has 4 saturated carbocycles. The Labute approximate surface area is 211 Å². The third kappa shape index (κ3) is 3.58. The number of hydrogen-bond acceptors (Lipinski definition) is 6. The van der Waals surface area contributed by atoms with Crippen molar-refractivity contribution < 1.29 is 24.0 Å². The summed E-state index contributed by atoms with van der Waals surface area (Å²) in [5.74, 6) is -2.70. The number of carbonyl (C=O) groups is 5. The summed E-state index contributed by atoms with van der Waals surface area (Å²) < 4.78 is 0. The first-order valence-corrected chi connectivity index (χ1v) is 13.4. The van der Waals surface area contributed by atoms with Gasteiger partial charge in [-0.1, -0.05) is 39.5 Å². The van der Waals surface area contributed by atoms with Gasteiger partial charge in [-0.2, -0.15) is 0 Å². The quantitative estimate of drug-likeness (QED) is 0.328. The standard InChI is InChI=1S/C26H39N5O5/c1-23(2)25(7-4-8-25)26(23)12-17(31(14-26)18(32)13-29-22(36)24(28)9-10-24)21(35)30-16(19(33)20(27)34)11-15-5-3-6-15/h15-17H,3-14,28H2,1-2H3,(H2,27,34)(H,29,36)(H,30,35)/t16?,17-,26+/m0/s1. The number of rotatable bonds is 9. The number of Topliss-reactive ketones (excluding diaryl/α,β-unsaturated/α-hetero) is 1. The minimum absolute atomic E-state index is 0.0151. The van der Waals surface area contributed by atoms with Crippen molar-refractivity contribution in [1.82, 2.24) is 15.5 Å².